The van der Waals surface area contributed by atoms with Gasteiger partial charge in [0.2, 0.25) is 0 Å². The molecule has 2 saturated carbocycles. The number of H-pyrrole nitrogens is 1. The van der Waals surface area contributed by atoms with E-state index in [-0.39, 0.29) is 17.6 Å². The first kappa shape index (κ1) is 31.4. The third-order valence-corrected chi connectivity index (χ3v) is 12.1. The zero-order valence-corrected chi connectivity index (χ0v) is 27.3. The van der Waals surface area contributed by atoms with Crippen LogP contribution in [0, 0.1) is 11.3 Å². The van der Waals surface area contributed by atoms with Crippen molar-refractivity contribution in [3.05, 3.63) is 64.7 Å². The van der Waals surface area contributed by atoms with Gasteiger partial charge in [-0.15, -0.1) is 0 Å². The van der Waals surface area contributed by atoms with Crippen LogP contribution in [0.5, 0.6) is 5.75 Å². The summed E-state index contributed by atoms with van der Waals surface area (Å²) in [6, 6.07) is 12.2. The van der Waals surface area contributed by atoms with Crippen LogP contribution in [0.1, 0.15) is 112 Å². The molecule has 0 radical (unpaired) electrons. The number of imidazole rings is 1. The highest BCUT2D eigenvalue weighted by molar-refractivity contribution is 7.99. The van der Waals surface area contributed by atoms with Crippen molar-refractivity contribution in [2.45, 2.75) is 114 Å². The smallest absolute Gasteiger partial charge is 0.166 e. The fourth-order valence-electron chi connectivity index (χ4n) is 8.12. The molecule has 4 aliphatic carbocycles. The average Bonchev–Trinajstić information content (AvgIpc) is 3.56. The Hall–Kier alpha value is -2.61. The van der Waals surface area contributed by atoms with Crippen LogP contribution in [0.3, 0.4) is 0 Å². The van der Waals surface area contributed by atoms with Crippen LogP contribution in [0.4, 0.5) is 0 Å². The normalized spacial score (nSPS) is 28.4. The number of allylic oxidation sites excluding steroid dienone is 2. The quantitative estimate of drug-likeness (QED) is 0.147. The van der Waals surface area contributed by atoms with E-state index in [4.69, 9.17) is 9.72 Å². The predicted octanol–water partition coefficient (Wildman–Crippen LogP) is 8.17. The van der Waals surface area contributed by atoms with Gasteiger partial charge in [-0.1, -0.05) is 61.7 Å². The van der Waals surface area contributed by atoms with E-state index in [9.17, 15) is 15.0 Å². The largest absolute Gasteiger partial charge is 0.497 e. The molecule has 4 atom stereocenters. The summed E-state index contributed by atoms with van der Waals surface area (Å²) in [4.78, 5) is 22.4. The molecule has 7 rings (SSSR count). The highest BCUT2D eigenvalue weighted by atomic mass is 32.2. The van der Waals surface area contributed by atoms with Crippen LogP contribution >= 0.6 is 11.8 Å². The minimum absolute atomic E-state index is 0.0613. The van der Waals surface area contributed by atoms with Gasteiger partial charge in [0.15, 0.2) is 10.9 Å². The van der Waals surface area contributed by atoms with Gasteiger partial charge in [-0.2, -0.15) is 0 Å². The first-order chi connectivity index (χ1) is 21.2. The number of methoxy groups -OCH3 is 1. The maximum Gasteiger partial charge on any atom is 0.166 e. The topological polar surface area (TPSA) is 95.4 Å². The number of fused-ring (bicyclic) bond motifs is 9. The second-order valence-corrected chi connectivity index (χ2v) is 14.8. The molecule has 3 aromatic rings. The number of Topliss-reactive ketones (excluding diaryl/α,β-unsaturated/α-hetero) is 1. The summed E-state index contributed by atoms with van der Waals surface area (Å²) in [5.41, 5.74) is 4.69. The molecule has 1 aromatic heterocycles. The molecule has 3 N–H and O–H groups in total. The van der Waals surface area contributed by atoms with E-state index in [0.717, 1.165) is 90.0 Å². The summed E-state index contributed by atoms with van der Waals surface area (Å²) in [6.45, 7) is 4.41. The van der Waals surface area contributed by atoms with Crippen LogP contribution in [0.25, 0.3) is 11.0 Å². The van der Waals surface area contributed by atoms with Crippen molar-refractivity contribution >= 4 is 28.6 Å². The van der Waals surface area contributed by atoms with E-state index in [1.807, 2.05) is 18.2 Å². The Bertz CT molecular complexity index is 1520. The van der Waals surface area contributed by atoms with Gasteiger partial charge in [0.25, 0.3) is 0 Å². The summed E-state index contributed by atoms with van der Waals surface area (Å²) in [5, 5.41) is 24.2. The Morgan fingerprint density at radius 1 is 1.09 bits per heavy atom. The molecule has 4 aliphatic rings. The highest BCUT2D eigenvalue weighted by Crippen LogP contribution is 2.59. The van der Waals surface area contributed by atoms with Gasteiger partial charge in [-0.25, -0.2) is 4.98 Å². The number of benzene rings is 2. The molecule has 44 heavy (non-hydrogen) atoms. The fourth-order valence-corrected chi connectivity index (χ4v) is 9.32. The van der Waals surface area contributed by atoms with E-state index in [1.54, 1.807) is 18.9 Å². The van der Waals surface area contributed by atoms with Crippen molar-refractivity contribution in [2.24, 2.45) is 11.3 Å². The second kappa shape index (κ2) is 13.0. The number of aromatic nitrogens is 2. The predicted molar refractivity (Wildman–Crippen MR) is 178 cm³/mol. The maximum absolute atomic E-state index is 14.2. The molecule has 0 amide bonds. The number of thioether (sulfide) groups is 1. The van der Waals surface area contributed by atoms with Crippen LogP contribution < -0.4 is 4.74 Å². The summed E-state index contributed by atoms with van der Waals surface area (Å²) in [7, 11) is 1.66. The summed E-state index contributed by atoms with van der Waals surface area (Å²) in [6.07, 6.45) is 12.5. The maximum atomic E-state index is 14.2. The van der Waals surface area contributed by atoms with Crippen molar-refractivity contribution in [1.29, 1.82) is 0 Å². The molecule has 7 heteroatoms. The first-order valence-corrected chi connectivity index (χ1v) is 17.6. The van der Waals surface area contributed by atoms with Gasteiger partial charge in [-0.3, -0.25) is 4.79 Å². The minimum atomic E-state index is -0.933. The lowest BCUT2D eigenvalue weighted by atomic mass is 9.65. The van der Waals surface area contributed by atoms with Gasteiger partial charge in [0.05, 0.1) is 29.8 Å². The second-order valence-electron chi connectivity index (χ2n) is 13.9. The number of aliphatic hydroxyl groups is 2. The monoisotopic (exact) mass is 616 g/mol. The third kappa shape index (κ3) is 6.25. The van der Waals surface area contributed by atoms with E-state index in [1.165, 1.54) is 12.0 Å². The average molecular weight is 617 g/mol. The Labute approximate surface area is 266 Å². The van der Waals surface area contributed by atoms with Crippen LogP contribution in [0.15, 0.2) is 53.2 Å². The molecule has 6 nitrogen and oxygen atoms in total. The number of rotatable bonds is 6. The molecule has 2 fully saturated rings. The molecule has 1 heterocycles. The number of nitrogens with zero attached hydrogens (tertiary/aromatic N) is 1. The Morgan fingerprint density at radius 2 is 1.91 bits per heavy atom. The number of ether oxygens (including phenoxy) is 1. The van der Waals surface area contributed by atoms with Gasteiger partial charge >= 0.3 is 0 Å². The summed E-state index contributed by atoms with van der Waals surface area (Å²) in [5.74, 6) is 1.70. The lowest BCUT2D eigenvalue weighted by Gasteiger charge is -2.44. The zero-order valence-electron chi connectivity index (χ0n) is 26.5. The third-order valence-electron chi connectivity index (χ3n) is 11.0. The van der Waals surface area contributed by atoms with Gasteiger partial charge in [0, 0.05) is 28.7 Å². The van der Waals surface area contributed by atoms with Gasteiger partial charge in [0.1, 0.15) is 5.75 Å². The van der Waals surface area contributed by atoms with Crippen molar-refractivity contribution < 1.29 is 19.7 Å². The van der Waals surface area contributed by atoms with E-state index >= 15 is 0 Å². The van der Waals surface area contributed by atoms with Crippen molar-refractivity contribution in [1.82, 2.24) is 9.97 Å². The lowest BCUT2D eigenvalue weighted by molar-refractivity contribution is -0.0422. The van der Waals surface area contributed by atoms with E-state index < -0.39 is 17.1 Å². The lowest BCUT2D eigenvalue weighted by Crippen LogP contribution is -2.46. The molecule has 236 valence electrons. The summed E-state index contributed by atoms with van der Waals surface area (Å²) < 4.78 is 5.39. The van der Waals surface area contributed by atoms with Crippen LogP contribution in [-0.4, -0.2) is 50.5 Å². The standard InChI is InChI=1S/C37H48N2O4S/c1-24-8-7-18-36(2)31(17-19-37(36,42)23-44-35-38-32-16-14-28(43-3)22-33(32)39-35)29-15-12-25(20-27(40)13-11-24)21-30(29)34(41)26-9-5-4-6-10-26/h8,12,14-16,21-22,26-27,31,40,42H,4-7,9-11,13,17-20,23H2,1-3H3,(H,38,39)/t27-,31-,36-,37+/m0/s1. The van der Waals surface area contributed by atoms with Crippen molar-refractivity contribution in [3.63, 3.8) is 0 Å². The van der Waals surface area contributed by atoms with Crippen molar-refractivity contribution in [3.8, 4) is 5.75 Å². The summed E-state index contributed by atoms with van der Waals surface area (Å²) >= 11 is 1.58. The SMILES string of the molecule is COc1ccc2nc(SC[C@]3(O)CC[C@H]4c5ccc(cc5C(=O)C5CCCCC5)C[C@@H](O)CCC(C)=CCC[C@@]43C)[nH]c2c1. The molecule has 2 aromatic carbocycles. The number of carbonyl (C=O) groups excluding carboxylic acids is 1. The molecular formula is C37H48N2O4S. The minimum Gasteiger partial charge on any atom is -0.497 e. The van der Waals surface area contributed by atoms with Crippen molar-refractivity contribution in [2.75, 3.05) is 12.9 Å². The number of carbonyl (C=O) groups is 1. The van der Waals surface area contributed by atoms with Crippen LogP contribution in [0.2, 0.25) is 0 Å². The van der Waals surface area contributed by atoms with E-state index in [0.29, 0.717) is 25.0 Å². The molecule has 2 bridgehead atoms. The Morgan fingerprint density at radius 3 is 2.70 bits per heavy atom. The first-order valence-electron chi connectivity index (χ1n) is 16.6. The van der Waals surface area contributed by atoms with Crippen LogP contribution in [-0.2, 0) is 6.42 Å². The highest BCUT2D eigenvalue weighted by Gasteiger charge is 2.56. The van der Waals surface area contributed by atoms with Gasteiger partial charge in [-0.05, 0) is 100.0 Å². The molecule has 0 spiro atoms. The number of hydrogen-bond donors (Lipinski definition) is 3. The van der Waals surface area contributed by atoms with E-state index in [2.05, 4.69) is 43.1 Å². The number of nitrogens with one attached hydrogen (secondary N) is 1. The Balaban J connectivity index is 1.35. The molecular weight excluding hydrogens is 568 g/mol. The Kier molecular flexibility index (Phi) is 9.28. The molecule has 0 unspecified atom stereocenters. The number of ketones is 1. The number of hydrogen-bond acceptors (Lipinski definition) is 6. The number of aromatic amines is 1. The van der Waals surface area contributed by atoms with Gasteiger partial charge < -0.3 is 19.9 Å². The fraction of sp³-hybridized carbons (Fsp3) is 0.568. The zero-order chi connectivity index (χ0) is 30.9. The molecule has 0 saturated heterocycles. The molecule has 0 aliphatic heterocycles. The number of aliphatic hydroxyl groups excluding tert-OH is 1.